The van der Waals surface area contributed by atoms with Gasteiger partial charge in [0.2, 0.25) is 5.75 Å². The van der Waals surface area contributed by atoms with Crippen molar-refractivity contribution in [2.75, 3.05) is 21.3 Å². The molecule has 0 aliphatic carbocycles. The average Bonchev–Trinajstić information content (AvgIpc) is 2.62. The van der Waals surface area contributed by atoms with Crippen LogP contribution in [0.15, 0.2) is 6.07 Å². The Bertz CT molecular complexity index is 501. The molecule has 0 heterocycles. The molecule has 0 spiro atoms. The van der Waals surface area contributed by atoms with E-state index in [-0.39, 0.29) is 5.75 Å². The second-order valence-corrected chi connectivity index (χ2v) is 6.45. The quantitative estimate of drug-likeness (QED) is 0.407. The van der Waals surface area contributed by atoms with E-state index in [0.29, 0.717) is 11.5 Å². The molecule has 25 heavy (non-hydrogen) atoms. The molecule has 0 fully saturated rings. The van der Waals surface area contributed by atoms with Gasteiger partial charge >= 0.3 is 0 Å². The van der Waals surface area contributed by atoms with Gasteiger partial charge in [0, 0.05) is 7.11 Å². The lowest BCUT2D eigenvalue weighted by atomic mass is 9.99. The van der Waals surface area contributed by atoms with Gasteiger partial charge in [0.25, 0.3) is 0 Å². The number of hydrogen-bond donors (Lipinski definition) is 2. The van der Waals surface area contributed by atoms with Crippen LogP contribution in [-0.2, 0) is 11.2 Å². The second kappa shape index (κ2) is 12.0. The first kappa shape index (κ1) is 21.6. The molecule has 0 amide bonds. The monoisotopic (exact) mass is 354 g/mol. The third kappa shape index (κ3) is 7.12. The number of aryl methyl sites for hydroxylation is 1. The number of phenolic OH excluding ortho intramolecular Hbond substituents is 1. The molecule has 1 rings (SSSR count). The molecule has 5 heteroatoms. The first-order valence-electron chi connectivity index (χ1n) is 9.19. The molecule has 0 radical (unpaired) electrons. The maximum Gasteiger partial charge on any atom is 0.203 e. The molecule has 2 N–H and O–H groups in total. The normalized spacial score (nSPS) is 12.2. The van der Waals surface area contributed by atoms with Crippen molar-refractivity contribution in [3.05, 3.63) is 17.2 Å². The molecule has 144 valence electrons. The van der Waals surface area contributed by atoms with Crippen molar-refractivity contribution in [3.8, 4) is 17.2 Å². The summed E-state index contributed by atoms with van der Waals surface area (Å²) >= 11 is 0. The number of aromatic hydroxyl groups is 1. The Kier molecular flexibility index (Phi) is 10.3. The lowest BCUT2D eigenvalue weighted by molar-refractivity contribution is -0.0793. The molecule has 5 nitrogen and oxygen atoms in total. The molecule has 0 aliphatic heterocycles. The molecule has 1 aromatic rings. The highest BCUT2D eigenvalue weighted by Gasteiger charge is 2.15. The van der Waals surface area contributed by atoms with E-state index >= 15 is 0 Å². The Labute approximate surface area is 151 Å². The number of benzene rings is 1. The zero-order valence-corrected chi connectivity index (χ0v) is 16.1. The summed E-state index contributed by atoms with van der Waals surface area (Å²) in [6.45, 7) is 1.92. The highest BCUT2D eigenvalue weighted by atomic mass is 16.6. The van der Waals surface area contributed by atoms with Gasteiger partial charge in [0.1, 0.15) is 0 Å². The molecule has 1 atom stereocenters. The summed E-state index contributed by atoms with van der Waals surface area (Å²) in [7, 11) is 4.65. The Morgan fingerprint density at radius 1 is 0.920 bits per heavy atom. The Balaban J connectivity index is 2.27. The molecule has 0 aliphatic rings. The van der Waals surface area contributed by atoms with Crippen LogP contribution in [0.1, 0.15) is 62.5 Å². The highest BCUT2D eigenvalue weighted by molar-refractivity contribution is 5.57. The van der Waals surface area contributed by atoms with Gasteiger partial charge in [-0.15, -0.1) is 0 Å². The summed E-state index contributed by atoms with van der Waals surface area (Å²) in [4.78, 5) is 0. The molecule has 0 saturated carbocycles. The van der Waals surface area contributed by atoms with Crippen LogP contribution in [0, 0.1) is 6.92 Å². The molecule has 0 saturated heterocycles. The van der Waals surface area contributed by atoms with Crippen molar-refractivity contribution in [2.45, 2.75) is 71.0 Å². The van der Waals surface area contributed by atoms with Gasteiger partial charge in [-0.2, -0.15) is 0 Å². The fourth-order valence-electron chi connectivity index (χ4n) is 3.02. The number of rotatable bonds is 13. The van der Waals surface area contributed by atoms with Crippen LogP contribution >= 0.6 is 0 Å². The van der Waals surface area contributed by atoms with Crippen LogP contribution in [0.5, 0.6) is 17.2 Å². The van der Waals surface area contributed by atoms with Gasteiger partial charge in [0.15, 0.2) is 17.8 Å². The minimum Gasteiger partial charge on any atom is -0.504 e. The predicted molar refractivity (Wildman–Crippen MR) is 99.6 cm³/mol. The van der Waals surface area contributed by atoms with Crippen LogP contribution in [0.2, 0.25) is 0 Å². The molecular weight excluding hydrogens is 320 g/mol. The summed E-state index contributed by atoms with van der Waals surface area (Å²) < 4.78 is 15.3. The number of hydrogen-bond acceptors (Lipinski definition) is 5. The SMILES string of the molecule is COc1cc(CCCCCCCCCC(O)OC)c(C)c(O)c1OC. The van der Waals surface area contributed by atoms with Gasteiger partial charge in [-0.25, -0.2) is 0 Å². The third-order valence-electron chi connectivity index (χ3n) is 4.67. The standard InChI is InChI=1S/C20H34O5/c1-15-16(14-17(23-2)20(25-4)19(15)22)12-10-8-6-5-7-9-11-13-18(21)24-3/h14,18,21-22H,5-13H2,1-4H3. The lowest BCUT2D eigenvalue weighted by Gasteiger charge is -2.15. The van der Waals surface area contributed by atoms with Crippen LogP contribution in [0.3, 0.4) is 0 Å². The summed E-state index contributed by atoms with van der Waals surface area (Å²) in [5.41, 5.74) is 1.98. The predicted octanol–water partition coefficient (Wildman–Crippen LogP) is 4.35. The van der Waals surface area contributed by atoms with E-state index in [1.165, 1.54) is 39.9 Å². The van der Waals surface area contributed by atoms with E-state index in [1.807, 2.05) is 13.0 Å². The van der Waals surface area contributed by atoms with Crippen LogP contribution in [-0.4, -0.2) is 37.8 Å². The van der Waals surface area contributed by atoms with Crippen molar-refractivity contribution >= 4 is 0 Å². The van der Waals surface area contributed by atoms with Gasteiger partial charge in [-0.3, -0.25) is 0 Å². The smallest absolute Gasteiger partial charge is 0.203 e. The second-order valence-electron chi connectivity index (χ2n) is 6.45. The van der Waals surface area contributed by atoms with Crippen LogP contribution in [0.25, 0.3) is 0 Å². The van der Waals surface area contributed by atoms with Gasteiger partial charge in [-0.1, -0.05) is 32.1 Å². The Morgan fingerprint density at radius 2 is 1.52 bits per heavy atom. The summed E-state index contributed by atoms with van der Waals surface area (Å²) in [6, 6.07) is 1.97. The fourth-order valence-corrected chi connectivity index (χ4v) is 3.02. The largest absolute Gasteiger partial charge is 0.504 e. The number of aliphatic hydroxyl groups excluding tert-OH is 1. The third-order valence-corrected chi connectivity index (χ3v) is 4.67. The number of methoxy groups -OCH3 is 3. The Morgan fingerprint density at radius 3 is 2.08 bits per heavy atom. The van der Waals surface area contributed by atoms with Gasteiger partial charge in [0.05, 0.1) is 14.2 Å². The van der Waals surface area contributed by atoms with E-state index in [4.69, 9.17) is 14.2 Å². The fraction of sp³-hybridized carbons (Fsp3) is 0.700. The molecular formula is C20H34O5. The van der Waals surface area contributed by atoms with Crippen molar-refractivity contribution < 1.29 is 24.4 Å². The Hall–Kier alpha value is -1.46. The average molecular weight is 354 g/mol. The topological polar surface area (TPSA) is 68.2 Å². The minimum absolute atomic E-state index is 0.176. The van der Waals surface area contributed by atoms with Crippen LogP contribution in [0.4, 0.5) is 0 Å². The van der Waals surface area contributed by atoms with E-state index in [1.54, 1.807) is 7.11 Å². The molecule has 1 aromatic carbocycles. The zero-order chi connectivity index (χ0) is 18.7. The van der Waals surface area contributed by atoms with Crippen molar-refractivity contribution in [1.29, 1.82) is 0 Å². The van der Waals surface area contributed by atoms with Crippen LogP contribution < -0.4 is 9.47 Å². The van der Waals surface area contributed by atoms with E-state index in [9.17, 15) is 10.2 Å². The molecule has 1 unspecified atom stereocenters. The summed E-state index contributed by atoms with van der Waals surface area (Å²) in [5, 5.41) is 19.5. The van der Waals surface area contributed by atoms with Crippen molar-refractivity contribution in [3.63, 3.8) is 0 Å². The van der Waals surface area contributed by atoms with Gasteiger partial charge in [-0.05, 0) is 49.8 Å². The van der Waals surface area contributed by atoms with Gasteiger partial charge < -0.3 is 24.4 Å². The lowest BCUT2D eigenvalue weighted by Crippen LogP contribution is -2.07. The zero-order valence-electron chi connectivity index (χ0n) is 16.1. The van der Waals surface area contributed by atoms with E-state index < -0.39 is 6.29 Å². The number of ether oxygens (including phenoxy) is 3. The molecule has 0 bridgehead atoms. The van der Waals surface area contributed by atoms with Crippen molar-refractivity contribution in [1.82, 2.24) is 0 Å². The number of aliphatic hydroxyl groups is 1. The highest BCUT2D eigenvalue weighted by Crippen LogP contribution is 2.41. The maximum atomic E-state index is 10.2. The first-order chi connectivity index (χ1) is 12.0. The molecule has 0 aromatic heterocycles. The number of unbranched alkanes of at least 4 members (excludes halogenated alkanes) is 6. The minimum atomic E-state index is -0.610. The summed E-state index contributed by atoms with van der Waals surface area (Å²) in [6.07, 6.45) is 9.10. The number of phenols is 1. The van der Waals surface area contributed by atoms with Crippen molar-refractivity contribution in [2.24, 2.45) is 0 Å². The first-order valence-corrected chi connectivity index (χ1v) is 9.19. The van der Waals surface area contributed by atoms with E-state index in [2.05, 4.69) is 0 Å². The van der Waals surface area contributed by atoms with E-state index in [0.717, 1.165) is 43.2 Å². The maximum absolute atomic E-state index is 10.2. The summed E-state index contributed by atoms with van der Waals surface area (Å²) in [5.74, 6) is 1.16.